The summed E-state index contributed by atoms with van der Waals surface area (Å²) in [5.41, 5.74) is 2.21. The van der Waals surface area contributed by atoms with Crippen LogP contribution < -0.4 is 9.67 Å². The lowest BCUT2D eigenvalue weighted by Gasteiger charge is -2.22. The third-order valence-electron chi connectivity index (χ3n) is 3.61. The van der Waals surface area contributed by atoms with E-state index in [-0.39, 0.29) is 11.5 Å². The van der Waals surface area contributed by atoms with Crippen molar-refractivity contribution in [3.63, 3.8) is 0 Å². The first-order chi connectivity index (χ1) is 9.16. The summed E-state index contributed by atoms with van der Waals surface area (Å²) in [6.45, 7) is 0. The van der Waals surface area contributed by atoms with Crippen molar-refractivity contribution in [2.45, 2.75) is 19.3 Å². The first-order valence-corrected chi connectivity index (χ1v) is 6.49. The maximum absolute atomic E-state index is 12.0. The van der Waals surface area contributed by atoms with E-state index in [0.717, 1.165) is 16.5 Å². The van der Waals surface area contributed by atoms with Gasteiger partial charge in [-0.1, -0.05) is 12.1 Å². The minimum absolute atomic E-state index is 0.0217. The van der Waals surface area contributed by atoms with Crippen LogP contribution in [0.3, 0.4) is 0 Å². The Morgan fingerprint density at radius 2 is 2.00 bits per heavy atom. The average Bonchev–Trinajstić information content (AvgIpc) is 2.38. The number of hydrogen-bond donors (Lipinski definition) is 0. The van der Waals surface area contributed by atoms with Crippen LogP contribution in [0.2, 0.25) is 0 Å². The Morgan fingerprint density at radius 3 is 2.79 bits per heavy atom. The van der Waals surface area contributed by atoms with Crippen LogP contribution >= 0.6 is 0 Å². The monoisotopic (exact) mass is 253 g/mol. The van der Waals surface area contributed by atoms with E-state index in [9.17, 15) is 9.90 Å². The molecule has 1 aromatic carbocycles. The third kappa shape index (κ3) is 2.01. The van der Waals surface area contributed by atoms with Gasteiger partial charge in [0.1, 0.15) is 7.05 Å². The molecule has 19 heavy (non-hydrogen) atoms. The van der Waals surface area contributed by atoms with Crippen LogP contribution in [0.4, 0.5) is 0 Å². The topological polar surface area (TPSA) is 44.0 Å². The number of hydrogen-bond acceptors (Lipinski definition) is 2. The molecule has 96 valence electrons. The van der Waals surface area contributed by atoms with Gasteiger partial charge in [-0.25, -0.2) is 4.57 Å². The van der Waals surface area contributed by atoms with Crippen molar-refractivity contribution in [1.29, 1.82) is 0 Å². The molecule has 2 aromatic rings. The lowest BCUT2D eigenvalue weighted by molar-refractivity contribution is -0.645. The fourth-order valence-corrected chi connectivity index (χ4v) is 2.69. The summed E-state index contributed by atoms with van der Waals surface area (Å²) < 4.78 is 1.97. The van der Waals surface area contributed by atoms with Gasteiger partial charge in [-0.3, -0.25) is 4.79 Å². The van der Waals surface area contributed by atoms with Gasteiger partial charge in [0.25, 0.3) is 0 Å². The summed E-state index contributed by atoms with van der Waals surface area (Å²) in [5.74, 6) is -0.0435. The highest BCUT2D eigenvalue weighted by Crippen LogP contribution is 2.27. The Balaban J connectivity index is 2.23. The zero-order valence-electron chi connectivity index (χ0n) is 10.8. The smallest absolute Gasteiger partial charge is 0.212 e. The molecule has 1 aliphatic rings. The number of aromatic nitrogens is 1. The van der Waals surface area contributed by atoms with E-state index in [2.05, 4.69) is 0 Å². The van der Waals surface area contributed by atoms with Crippen molar-refractivity contribution in [3.05, 3.63) is 47.9 Å². The first kappa shape index (κ1) is 11.9. The summed E-state index contributed by atoms with van der Waals surface area (Å²) in [5, 5.41) is 13.0. The Hall–Kier alpha value is -2.16. The highest BCUT2D eigenvalue weighted by Gasteiger charge is 2.20. The normalized spacial score (nSPS) is 16.2. The third-order valence-corrected chi connectivity index (χ3v) is 3.61. The number of carbonyl (C=O) groups is 1. The minimum Gasteiger partial charge on any atom is -0.875 e. The predicted molar refractivity (Wildman–Crippen MR) is 70.9 cm³/mol. The van der Waals surface area contributed by atoms with Crippen molar-refractivity contribution in [3.8, 4) is 0 Å². The average molecular weight is 253 g/mol. The largest absolute Gasteiger partial charge is 0.875 e. The zero-order chi connectivity index (χ0) is 13.4. The van der Waals surface area contributed by atoms with E-state index in [1.54, 1.807) is 0 Å². The van der Waals surface area contributed by atoms with E-state index >= 15 is 0 Å². The number of aryl methyl sites for hydroxylation is 1. The highest BCUT2D eigenvalue weighted by atomic mass is 16.3. The zero-order valence-corrected chi connectivity index (χ0v) is 10.8. The molecule has 0 bridgehead atoms. The Labute approximate surface area is 111 Å². The van der Waals surface area contributed by atoms with Crippen molar-refractivity contribution in [2.75, 3.05) is 0 Å². The molecule has 3 heteroatoms. The Bertz CT molecular complexity index is 701. The second kappa shape index (κ2) is 4.50. The lowest BCUT2D eigenvalue weighted by Crippen LogP contribution is -2.30. The standard InChI is InChI=1S/C16H15NO2/c1-17-10-12(9-11-5-2-3-6-13(11)17)16-14(18)7-4-8-15(16)19/h2-3,5-6,9-10H,4,7-8H2,1H3. The van der Waals surface area contributed by atoms with Crippen molar-refractivity contribution >= 4 is 22.3 Å². The van der Waals surface area contributed by atoms with Crippen LogP contribution in [0.25, 0.3) is 16.5 Å². The van der Waals surface area contributed by atoms with Crippen LogP contribution in [-0.4, -0.2) is 5.78 Å². The molecule has 1 aromatic heterocycles. The van der Waals surface area contributed by atoms with Crippen LogP contribution in [-0.2, 0) is 11.8 Å². The molecule has 1 aliphatic carbocycles. The summed E-state index contributed by atoms with van der Waals surface area (Å²) >= 11 is 0. The van der Waals surface area contributed by atoms with Gasteiger partial charge in [0, 0.05) is 29.0 Å². The summed E-state index contributed by atoms with van der Waals surface area (Å²) in [6.07, 6.45) is 3.52. The number of benzene rings is 1. The van der Waals surface area contributed by atoms with Crippen LogP contribution in [0, 0.1) is 0 Å². The molecular formula is C16H15NO2. The Kier molecular flexibility index (Phi) is 2.82. The molecule has 1 heterocycles. The quantitative estimate of drug-likeness (QED) is 0.723. The van der Waals surface area contributed by atoms with Crippen molar-refractivity contribution < 1.29 is 14.5 Å². The van der Waals surface area contributed by atoms with Crippen LogP contribution in [0.15, 0.2) is 42.3 Å². The molecule has 0 aliphatic heterocycles. The van der Waals surface area contributed by atoms with Gasteiger partial charge in [-0.2, -0.15) is 0 Å². The molecule has 0 saturated heterocycles. The van der Waals surface area contributed by atoms with Gasteiger partial charge in [0.05, 0.1) is 0 Å². The van der Waals surface area contributed by atoms with Gasteiger partial charge in [-0.15, -0.1) is 5.76 Å². The van der Waals surface area contributed by atoms with E-state index in [0.29, 0.717) is 24.8 Å². The number of Topliss-reactive ketones (excluding diaryl/α,β-unsaturated/α-hetero) is 1. The van der Waals surface area contributed by atoms with Gasteiger partial charge < -0.3 is 5.11 Å². The fraction of sp³-hybridized carbons (Fsp3) is 0.250. The molecule has 0 spiro atoms. The molecule has 0 atom stereocenters. The van der Waals surface area contributed by atoms with Gasteiger partial charge in [0.2, 0.25) is 5.52 Å². The second-order valence-electron chi connectivity index (χ2n) is 4.97. The van der Waals surface area contributed by atoms with E-state index < -0.39 is 0 Å². The van der Waals surface area contributed by atoms with E-state index in [1.165, 1.54) is 0 Å². The molecule has 0 unspecified atom stereocenters. The molecule has 0 amide bonds. The maximum Gasteiger partial charge on any atom is 0.212 e. The molecule has 0 radical (unpaired) electrons. The summed E-state index contributed by atoms with van der Waals surface area (Å²) in [7, 11) is 1.93. The number of allylic oxidation sites excluding steroid dienone is 2. The SMILES string of the molecule is C[n+]1cc(C2=C([O-])CCCC2=O)cc2ccccc21. The number of ketones is 1. The summed E-state index contributed by atoms with van der Waals surface area (Å²) in [4.78, 5) is 12.0. The first-order valence-electron chi connectivity index (χ1n) is 6.49. The summed E-state index contributed by atoms with van der Waals surface area (Å²) in [6, 6.07) is 9.89. The Morgan fingerprint density at radius 1 is 1.21 bits per heavy atom. The molecule has 0 N–H and O–H groups in total. The van der Waals surface area contributed by atoms with E-state index in [1.807, 2.05) is 48.1 Å². The maximum atomic E-state index is 12.0. The lowest BCUT2D eigenvalue weighted by atomic mass is 9.91. The molecule has 0 fully saturated rings. The van der Waals surface area contributed by atoms with Crippen LogP contribution in [0.5, 0.6) is 0 Å². The number of carbonyl (C=O) groups excluding carboxylic acids is 1. The highest BCUT2D eigenvalue weighted by molar-refractivity contribution is 6.22. The van der Waals surface area contributed by atoms with Crippen molar-refractivity contribution in [1.82, 2.24) is 0 Å². The molecule has 0 saturated carbocycles. The van der Waals surface area contributed by atoms with Crippen LogP contribution in [0.1, 0.15) is 24.8 Å². The number of nitrogens with zero attached hydrogens (tertiary/aromatic N) is 1. The van der Waals surface area contributed by atoms with Crippen molar-refractivity contribution in [2.24, 2.45) is 7.05 Å². The number of pyridine rings is 1. The number of fused-ring (bicyclic) bond motifs is 1. The molecular weight excluding hydrogens is 238 g/mol. The second-order valence-corrected chi connectivity index (χ2v) is 4.97. The molecule has 3 nitrogen and oxygen atoms in total. The fourth-order valence-electron chi connectivity index (χ4n) is 2.69. The van der Waals surface area contributed by atoms with E-state index in [4.69, 9.17) is 0 Å². The van der Waals surface area contributed by atoms with Gasteiger partial charge >= 0.3 is 0 Å². The molecule has 3 rings (SSSR count). The number of rotatable bonds is 1. The minimum atomic E-state index is -0.0217. The predicted octanol–water partition coefficient (Wildman–Crippen LogP) is 1.49. The van der Waals surface area contributed by atoms with Gasteiger partial charge in [0.15, 0.2) is 12.0 Å². The number of para-hydroxylation sites is 1. The van der Waals surface area contributed by atoms with Gasteiger partial charge in [-0.05, 0) is 25.0 Å².